The Morgan fingerprint density at radius 3 is 2.80 bits per heavy atom. The van der Waals surface area contributed by atoms with Crippen LogP contribution in [-0.2, 0) is 9.53 Å². The lowest BCUT2D eigenvalue weighted by Crippen LogP contribution is -2.31. The van der Waals surface area contributed by atoms with Crippen LogP contribution in [0.5, 0.6) is 0 Å². The summed E-state index contributed by atoms with van der Waals surface area (Å²) in [4.78, 5) is 11.2. The molecule has 0 amide bonds. The van der Waals surface area contributed by atoms with Crippen LogP contribution in [0.2, 0.25) is 0 Å². The Balaban J connectivity index is 2.72. The van der Waals surface area contributed by atoms with Crippen molar-refractivity contribution in [3.63, 3.8) is 0 Å². The third kappa shape index (κ3) is 3.99. The highest BCUT2D eigenvalue weighted by Gasteiger charge is 2.22. The van der Waals surface area contributed by atoms with Crippen LogP contribution in [0.1, 0.15) is 19.8 Å². The molecule has 5 heteroatoms. The van der Waals surface area contributed by atoms with Crippen molar-refractivity contribution < 1.29 is 24.9 Å². The van der Waals surface area contributed by atoms with E-state index in [-0.39, 0.29) is 12.8 Å². The molecule has 0 saturated heterocycles. The molecular weight excluding hydrogens is 202 g/mol. The molecule has 5 nitrogen and oxygen atoms in total. The number of carbonyl (C=O) groups excluding carboxylic acids is 1. The SMILES string of the molecule is C[C@@H]1C[C@H]([18OH])/C=C/[C@H](O)[C@@H](O)CC(=O)O1. The van der Waals surface area contributed by atoms with E-state index in [0.717, 1.165) is 0 Å². The number of esters is 1. The van der Waals surface area contributed by atoms with Gasteiger partial charge in [0.15, 0.2) is 0 Å². The maximum atomic E-state index is 11.2. The molecule has 1 rings (SSSR count). The first-order chi connectivity index (χ1) is 6.99. The summed E-state index contributed by atoms with van der Waals surface area (Å²) in [6.07, 6.45) is -0.805. The summed E-state index contributed by atoms with van der Waals surface area (Å²) in [6.45, 7) is 1.67. The minimum Gasteiger partial charge on any atom is -0.462 e. The molecule has 0 spiro atoms. The maximum absolute atomic E-state index is 11.2. The van der Waals surface area contributed by atoms with Gasteiger partial charge in [0.2, 0.25) is 0 Å². The average molecular weight is 218 g/mol. The number of hydrogen-bond acceptors (Lipinski definition) is 5. The van der Waals surface area contributed by atoms with E-state index in [9.17, 15) is 20.1 Å². The van der Waals surface area contributed by atoms with Crippen molar-refractivity contribution in [2.75, 3.05) is 0 Å². The second-order valence-electron chi connectivity index (χ2n) is 3.75. The van der Waals surface area contributed by atoms with Crippen LogP contribution in [0.25, 0.3) is 0 Å². The quantitative estimate of drug-likeness (QED) is 0.286. The topological polar surface area (TPSA) is 87.0 Å². The van der Waals surface area contributed by atoms with E-state index in [0.29, 0.717) is 0 Å². The number of ether oxygens (including phenoxy) is 1. The smallest absolute Gasteiger partial charge is 0.308 e. The summed E-state index contributed by atoms with van der Waals surface area (Å²) >= 11 is 0. The zero-order valence-electron chi connectivity index (χ0n) is 8.54. The monoisotopic (exact) mass is 218 g/mol. The lowest BCUT2D eigenvalue weighted by molar-refractivity contribution is -0.152. The number of aliphatic hydroxyl groups excluding tert-OH is 3. The maximum Gasteiger partial charge on any atom is 0.308 e. The lowest BCUT2D eigenvalue weighted by atomic mass is 10.1. The number of carbonyl (C=O) groups is 1. The molecule has 0 bridgehead atoms. The summed E-state index contributed by atoms with van der Waals surface area (Å²) < 4.78 is 4.91. The lowest BCUT2D eigenvalue weighted by Gasteiger charge is -2.20. The fourth-order valence-corrected chi connectivity index (χ4v) is 1.40. The first-order valence-corrected chi connectivity index (χ1v) is 4.91. The number of cyclic esters (lactones) is 1. The molecule has 0 aliphatic carbocycles. The van der Waals surface area contributed by atoms with Crippen molar-refractivity contribution in [1.29, 1.82) is 0 Å². The molecule has 15 heavy (non-hydrogen) atoms. The third-order valence-corrected chi connectivity index (χ3v) is 2.21. The summed E-state index contributed by atoms with van der Waals surface area (Å²) in [7, 11) is 0. The van der Waals surface area contributed by atoms with Gasteiger partial charge in [-0.2, -0.15) is 0 Å². The molecule has 0 aromatic carbocycles. The molecule has 3 N–H and O–H groups in total. The van der Waals surface area contributed by atoms with E-state index in [4.69, 9.17) is 4.74 Å². The molecular formula is C10H16O5. The largest absolute Gasteiger partial charge is 0.462 e. The van der Waals surface area contributed by atoms with Crippen LogP contribution >= 0.6 is 0 Å². The Morgan fingerprint density at radius 2 is 2.13 bits per heavy atom. The van der Waals surface area contributed by atoms with Gasteiger partial charge in [-0.25, -0.2) is 0 Å². The van der Waals surface area contributed by atoms with Gasteiger partial charge in [0.1, 0.15) is 6.10 Å². The summed E-state index contributed by atoms with van der Waals surface area (Å²) in [5.74, 6) is -0.573. The molecule has 0 aromatic rings. The second kappa shape index (κ2) is 5.25. The Bertz CT molecular complexity index is 250. The van der Waals surface area contributed by atoms with Gasteiger partial charge in [-0.05, 0) is 6.92 Å². The molecule has 0 aromatic heterocycles. The van der Waals surface area contributed by atoms with Crippen molar-refractivity contribution in [3.05, 3.63) is 12.2 Å². The molecule has 0 unspecified atom stereocenters. The van der Waals surface area contributed by atoms with Crippen LogP contribution in [-0.4, -0.2) is 45.7 Å². The molecule has 1 aliphatic rings. The van der Waals surface area contributed by atoms with Gasteiger partial charge < -0.3 is 20.1 Å². The molecule has 0 saturated carbocycles. The Kier molecular flexibility index (Phi) is 4.26. The van der Waals surface area contributed by atoms with E-state index < -0.39 is 30.4 Å². The molecule has 1 heterocycles. The molecule has 1 aliphatic heterocycles. The van der Waals surface area contributed by atoms with Crippen molar-refractivity contribution >= 4 is 5.97 Å². The molecule has 0 fully saturated rings. The molecule has 4 atom stereocenters. The first-order valence-electron chi connectivity index (χ1n) is 4.91. The Morgan fingerprint density at radius 1 is 1.47 bits per heavy atom. The molecule has 86 valence electrons. The Hall–Kier alpha value is -0.910. The standard InChI is InChI=1S/C10H16O5/c1-6-4-7(11)2-3-8(12)9(13)5-10(14)15-6/h2-3,6-9,11-13H,4-5H2,1H3/b3-2+/t6-,7-,8+,9+/m1/s1/i11+2. The van der Waals surface area contributed by atoms with Gasteiger partial charge in [-0.15, -0.1) is 0 Å². The normalized spacial score (nSPS) is 40.7. The van der Waals surface area contributed by atoms with Crippen LogP contribution in [0.15, 0.2) is 12.2 Å². The van der Waals surface area contributed by atoms with E-state index in [1.807, 2.05) is 0 Å². The fourth-order valence-electron chi connectivity index (χ4n) is 1.40. The van der Waals surface area contributed by atoms with E-state index in [1.54, 1.807) is 6.92 Å². The van der Waals surface area contributed by atoms with Crippen LogP contribution in [0, 0.1) is 0 Å². The van der Waals surface area contributed by atoms with Crippen molar-refractivity contribution in [2.24, 2.45) is 0 Å². The number of aliphatic hydroxyl groups is 3. The van der Waals surface area contributed by atoms with Crippen LogP contribution < -0.4 is 0 Å². The van der Waals surface area contributed by atoms with Crippen LogP contribution in [0.4, 0.5) is 0 Å². The van der Waals surface area contributed by atoms with Gasteiger partial charge in [-0.1, -0.05) is 12.2 Å². The minimum absolute atomic E-state index is 0.244. The summed E-state index contributed by atoms with van der Waals surface area (Å²) in [5, 5.41) is 28.1. The van der Waals surface area contributed by atoms with Gasteiger partial charge in [0.05, 0.1) is 24.7 Å². The molecule has 0 radical (unpaired) electrons. The highest BCUT2D eigenvalue weighted by Crippen LogP contribution is 2.11. The van der Waals surface area contributed by atoms with Crippen molar-refractivity contribution in [2.45, 2.75) is 44.2 Å². The second-order valence-corrected chi connectivity index (χ2v) is 3.75. The van der Waals surface area contributed by atoms with Crippen LogP contribution in [0.3, 0.4) is 0 Å². The third-order valence-electron chi connectivity index (χ3n) is 2.21. The van der Waals surface area contributed by atoms with E-state index >= 15 is 0 Å². The summed E-state index contributed by atoms with van der Waals surface area (Å²) in [5.41, 5.74) is 0. The van der Waals surface area contributed by atoms with Gasteiger partial charge in [0, 0.05) is 6.42 Å². The fraction of sp³-hybridized carbons (Fsp3) is 0.700. The highest BCUT2D eigenvalue weighted by molar-refractivity contribution is 5.70. The Labute approximate surface area is 88.0 Å². The first kappa shape index (κ1) is 12.2. The zero-order valence-corrected chi connectivity index (χ0v) is 8.54. The van der Waals surface area contributed by atoms with Gasteiger partial charge in [0.25, 0.3) is 0 Å². The van der Waals surface area contributed by atoms with E-state index in [1.165, 1.54) is 12.2 Å². The number of hydrogen-bond donors (Lipinski definition) is 3. The zero-order chi connectivity index (χ0) is 11.4. The summed E-state index contributed by atoms with van der Waals surface area (Å²) in [6, 6.07) is 0. The van der Waals surface area contributed by atoms with E-state index in [2.05, 4.69) is 0 Å². The van der Waals surface area contributed by atoms with Gasteiger partial charge in [-0.3, -0.25) is 4.79 Å². The van der Waals surface area contributed by atoms with Crippen molar-refractivity contribution in [1.82, 2.24) is 0 Å². The number of rotatable bonds is 0. The van der Waals surface area contributed by atoms with Gasteiger partial charge >= 0.3 is 5.97 Å². The predicted molar refractivity (Wildman–Crippen MR) is 51.9 cm³/mol. The highest BCUT2D eigenvalue weighted by atomic mass is 18.2. The van der Waals surface area contributed by atoms with Crippen molar-refractivity contribution in [3.8, 4) is 0 Å². The minimum atomic E-state index is -1.19. The predicted octanol–water partition coefficient (Wildman–Crippen LogP) is -0.649. The average Bonchev–Trinajstić information content (AvgIpc) is 2.12.